The molecule has 0 spiro atoms. The molecule has 0 radical (unpaired) electrons. The third-order valence-electron chi connectivity index (χ3n) is 6.31. The molecule has 1 atom stereocenters. The summed E-state index contributed by atoms with van der Waals surface area (Å²) in [7, 11) is 2.98. The van der Waals surface area contributed by atoms with Crippen molar-refractivity contribution < 1.29 is 24.2 Å². The van der Waals surface area contributed by atoms with Gasteiger partial charge in [-0.15, -0.1) is 0 Å². The van der Waals surface area contributed by atoms with Gasteiger partial charge in [-0.05, 0) is 46.7 Å². The van der Waals surface area contributed by atoms with Gasteiger partial charge in [0.2, 0.25) is 0 Å². The number of halogens is 1. The fraction of sp³-hybridized carbons (Fsp3) is 0.103. The number of rotatable bonds is 5. The first-order chi connectivity index (χ1) is 17.4. The van der Waals surface area contributed by atoms with E-state index in [0.717, 1.165) is 10.8 Å². The lowest BCUT2D eigenvalue weighted by atomic mass is 9.91. The molecule has 1 aliphatic rings. The van der Waals surface area contributed by atoms with Gasteiger partial charge in [-0.25, -0.2) is 0 Å². The molecule has 6 nitrogen and oxygen atoms in total. The van der Waals surface area contributed by atoms with Crippen LogP contribution in [0.4, 0.5) is 5.69 Å². The Morgan fingerprint density at radius 1 is 0.889 bits per heavy atom. The largest absolute Gasteiger partial charge is 0.507 e. The Balaban J connectivity index is 1.83. The first-order valence-electron chi connectivity index (χ1n) is 11.2. The summed E-state index contributed by atoms with van der Waals surface area (Å²) in [5, 5.41) is 13.7. The highest BCUT2D eigenvalue weighted by Gasteiger charge is 2.47. The number of anilines is 1. The molecule has 7 heteroatoms. The van der Waals surface area contributed by atoms with E-state index in [9.17, 15) is 14.7 Å². The third-order valence-corrected chi connectivity index (χ3v) is 6.55. The van der Waals surface area contributed by atoms with Gasteiger partial charge < -0.3 is 14.6 Å². The van der Waals surface area contributed by atoms with Crippen molar-refractivity contribution in [1.82, 2.24) is 0 Å². The number of carbonyl (C=O) groups is 2. The van der Waals surface area contributed by atoms with E-state index in [-0.39, 0.29) is 16.9 Å². The number of hydrogen-bond acceptors (Lipinski definition) is 5. The Hall–Kier alpha value is -4.29. The summed E-state index contributed by atoms with van der Waals surface area (Å²) in [5.41, 5.74) is 1.32. The number of ether oxygens (including phenoxy) is 2. The minimum Gasteiger partial charge on any atom is -0.507 e. The van der Waals surface area contributed by atoms with Crippen LogP contribution in [-0.4, -0.2) is 31.0 Å². The van der Waals surface area contributed by atoms with Crippen molar-refractivity contribution in [2.24, 2.45) is 0 Å². The van der Waals surface area contributed by atoms with Crippen LogP contribution in [0.5, 0.6) is 11.5 Å². The van der Waals surface area contributed by atoms with Gasteiger partial charge >= 0.3 is 0 Å². The maximum atomic E-state index is 13.5. The van der Waals surface area contributed by atoms with E-state index in [0.29, 0.717) is 27.8 Å². The van der Waals surface area contributed by atoms with Crippen molar-refractivity contribution in [2.45, 2.75) is 6.04 Å². The van der Waals surface area contributed by atoms with Crippen molar-refractivity contribution in [3.8, 4) is 11.5 Å². The zero-order chi connectivity index (χ0) is 25.4. The van der Waals surface area contributed by atoms with Crippen LogP contribution in [0.2, 0.25) is 5.02 Å². The average molecular weight is 500 g/mol. The Bertz CT molecular complexity index is 1540. The van der Waals surface area contributed by atoms with Gasteiger partial charge in [-0.2, -0.15) is 0 Å². The summed E-state index contributed by atoms with van der Waals surface area (Å²) in [4.78, 5) is 28.5. The van der Waals surface area contributed by atoms with E-state index in [1.807, 2.05) is 42.5 Å². The second-order valence-electron chi connectivity index (χ2n) is 8.28. The monoisotopic (exact) mass is 499 g/mol. The van der Waals surface area contributed by atoms with Gasteiger partial charge in [0.25, 0.3) is 11.7 Å². The molecule has 1 unspecified atom stereocenters. The van der Waals surface area contributed by atoms with Crippen LogP contribution in [0.3, 0.4) is 0 Å². The number of carbonyl (C=O) groups excluding carboxylic acids is 2. The van der Waals surface area contributed by atoms with Crippen LogP contribution in [0.25, 0.3) is 16.5 Å². The lowest BCUT2D eigenvalue weighted by Crippen LogP contribution is -2.29. The van der Waals surface area contributed by atoms with E-state index in [1.165, 1.54) is 25.2 Å². The standard InChI is InChI=1S/C29H22ClNO5/c1-35-20-10-6-9-19(16-20)31-26(22-12-5-8-17-7-3-4-11-21(17)22)25(28(33)29(31)34)27(32)23-15-18(30)13-14-24(23)36-2/h3-16,26,32H,1-2H3/b27-25+. The van der Waals surface area contributed by atoms with Gasteiger partial charge in [0.15, 0.2) is 0 Å². The van der Waals surface area contributed by atoms with Gasteiger partial charge in [-0.1, -0.05) is 60.1 Å². The smallest absolute Gasteiger partial charge is 0.300 e. The Labute approximate surface area is 212 Å². The summed E-state index contributed by atoms with van der Waals surface area (Å²) in [6, 6.07) is 24.1. The van der Waals surface area contributed by atoms with E-state index in [2.05, 4.69) is 0 Å². The summed E-state index contributed by atoms with van der Waals surface area (Å²) in [6.45, 7) is 0. The first kappa shape index (κ1) is 23.5. The highest BCUT2D eigenvalue weighted by atomic mass is 35.5. The first-order valence-corrected chi connectivity index (χ1v) is 11.6. The number of fused-ring (bicyclic) bond motifs is 1. The summed E-state index contributed by atoms with van der Waals surface area (Å²) in [6.07, 6.45) is 0. The van der Waals surface area contributed by atoms with Crippen molar-refractivity contribution in [1.29, 1.82) is 0 Å². The second-order valence-corrected chi connectivity index (χ2v) is 8.72. The molecule has 0 saturated carbocycles. The van der Waals surface area contributed by atoms with E-state index in [4.69, 9.17) is 21.1 Å². The fourth-order valence-electron chi connectivity index (χ4n) is 4.65. The molecule has 4 aromatic rings. The molecule has 180 valence electrons. The van der Waals surface area contributed by atoms with Gasteiger partial charge in [0.1, 0.15) is 17.3 Å². The summed E-state index contributed by atoms with van der Waals surface area (Å²) < 4.78 is 10.8. The average Bonchev–Trinajstić information content (AvgIpc) is 3.17. The number of methoxy groups -OCH3 is 2. The van der Waals surface area contributed by atoms with Gasteiger partial charge in [0.05, 0.1) is 31.4 Å². The lowest BCUT2D eigenvalue weighted by molar-refractivity contribution is -0.132. The molecular formula is C29H22ClNO5. The molecule has 0 aliphatic carbocycles. The molecule has 1 fully saturated rings. The Morgan fingerprint density at radius 3 is 2.42 bits per heavy atom. The Morgan fingerprint density at radius 2 is 1.64 bits per heavy atom. The molecule has 0 aromatic heterocycles. The third kappa shape index (κ3) is 3.85. The molecule has 1 aliphatic heterocycles. The van der Waals surface area contributed by atoms with Crippen LogP contribution >= 0.6 is 11.6 Å². The van der Waals surface area contributed by atoms with Crippen molar-refractivity contribution in [3.05, 3.63) is 107 Å². The van der Waals surface area contributed by atoms with Crippen LogP contribution < -0.4 is 14.4 Å². The minimum atomic E-state index is -0.910. The zero-order valence-electron chi connectivity index (χ0n) is 19.6. The normalized spacial score (nSPS) is 17.0. The highest BCUT2D eigenvalue weighted by molar-refractivity contribution is 6.52. The summed E-state index contributed by atoms with van der Waals surface area (Å²) in [5.74, 6) is -1.08. The van der Waals surface area contributed by atoms with Crippen molar-refractivity contribution in [3.63, 3.8) is 0 Å². The van der Waals surface area contributed by atoms with E-state index < -0.39 is 17.7 Å². The maximum Gasteiger partial charge on any atom is 0.300 e. The molecular weight excluding hydrogens is 478 g/mol. The van der Waals surface area contributed by atoms with Crippen molar-refractivity contribution in [2.75, 3.05) is 19.1 Å². The van der Waals surface area contributed by atoms with E-state index in [1.54, 1.807) is 36.4 Å². The van der Waals surface area contributed by atoms with E-state index >= 15 is 0 Å². The van der Waals surface area contributed by atoms with Crippen molar-refractivity contribution >= 4 is 45.5 Å². The number of aliphatic hydroxyl groups is 1. The minimum absolute atomic E-state index is 0.0558. The molecule has 1 saturated heterocycles. The van der Waals surface area contributed by atoms with Crippen LogP contribution in [0.15, 0.2) is 90.5 Å². The number of nitrogens with zero attached hydrogens (tertiary/aromatic N) is 1. The number of amides is 1. The molecule has 4 aromatic carbocycles. The van der Waals surface area contributed by atoms with Crippen LogP contribution in [-0.2, 0) is 9.59 Å². The second kappa shape index (κ2) is 9.40. The maximum absolute atomic E-state index is 13.5. The topological polar surface area (TPSA) is 76.1 Å². The SMILES string of the molecule is COc1cccc(N2C(=O)C(=O)/C(=C(/O)c3cc(Cl)ccc3OC)C2c2cccc3ccccc23)c1. The summed E-state index contributed by atoms with van der Waals surface area (Å²) >= 11 is 6.21. The predicted molar refractivity (Wildman–Crippen MR) is 140 cm³/mol. The van der Waals surface area contributed by atoms with Gasteiger partial charge in [-0.3, -0.25) is 14.5 Å². The molecule has 1 amide bonds. The quantitative estimate of drug-likeness (QED) is 0.203. The fourth-order valence-corrected chi connectivity index (χ4v) is 4.82. The number of aliphatic hydroxyl groups excluding tert-OH is 1. The predicted octanol–water partition coefficient (Wildman–Crippen LogP) is 6.14. The van der Waals surface area contributed by atoms with Crippen LogP contribution in [0, 0.1) is 0 Å². The lowest BCUT2D eigenvalue weighted by Gasteiger charge is -2.27. The number of Topliss-reactive ketones (excluding diaryl/α,β-unsaturated/α-hetero) is 1. The molecule has 0 bridgehead atoms. The Kier molecular flexibility index (Phi) is 6.12. The zero-order valence-corrected chi connectivity index (χ0v) is 20.3. The molecule has 36 heavy (non-hydrogen) atoms. The molecule has 1 heterocycles. The highest BCUT2D eigenvalue weighted by Crippen LogP contribution is 2.45. The van der Waals surface area contributed by atoms with Crippen LogP contribution in [0.1, 0.15) is 17.2 Å². The number of ketones is 1. The molecule has 1 N–H and O–H groups in total. The molecule has 5 rings (SSSR count). The van der Waals surface area contributed by atoms with Gasteiger partial charge in [0, 0.05) is 16.8 Å². The number of hydrogen-bond donors (Lipinski definition) is 1. The number of benzene rings is 4.